The van der Waals surface area contributed by atoms with Crippen LogP contribution in [0.3, 0.4) is 0 Å². The first-order valence-corrected chi connectivity index (χ1v) is 9.00. The maximum absolute atomic E-state index is 12.6. The molecule has 0 aliphatic carbocycles. The molecule has 0 bridgehead atoms. The monoisotopic (exact) mass is 387 g/mol. The summed E-state index contributed by atoms with van der Waals surface area (Å²) in [5, 5.41) is 2.59. The molecular formula is C20H20ClN2O4+. The first-order valence-electron chi connectivity index (χ1n) is 8.62. The fourth-order valence-corrected chi connectivity index (χ4v) is 3.20. The van der Waals surface area contributed by atoms with Crippen LogP contribution >= 0.6 is 11.6 Å². The molecule has 1 saturated heterocycles. The van der Waals surface area contributed by atoms with Crippen molar-refractivity contribution in [2.24, 2.45) is 0 Å². The molecule has 7 heteroatoms. The molecule has 6 nitrogen and oxygen atoms in total. The molecule has 3 rings (SSSR count). The van der Waals surface area contributed by atoms with Gasteiger partial charge in [0, 0.05) is 11.4 Å². The van der Waals surface area contributed by atoms with Gasteiger partial charge >= 0.3 is 5.97 Å². The van der Waals surface area contributed by atoms with Gasteiger partial charge in [0.05, 0.1) is 31.3 Å². The molecule has 2 amide bonds. The van der Waals surface area contributed by atoms with Gasteiger partial charge in [0.1, 0.15) is 0 Å². The molecule has 27 heavy (non-hydrogen) atoms. The van der Waals surface area contributed by atoms with Crippen LogP contribution < -0.4 is 10.2 Å². The van der Waals surface area contributed by atoms with Crippen LogP contribution in [0, 0.1) is 0 Å². The van der Waals surface area contributed by atoms with Crippen LogP contribution in [0.4, 0.5) is 5.69 Å². The highest BCUT2D eigenvalue weighted by Gasteiger charge is 2.42. The molecule has 1 atom stereocenters. The minimum atomic E-state index is -0.464. The van der Waals surface area contributed by atoms with E-state index in [1.54, 1.807) is 24.3 Å². The van der Waals surface area contributed by atoms with Gasteiger partial charge in [-0.3, -0.25) is 9.59 Å². The van der Waals surface area contributed by atoms with Crippen molar-refractivity contribution in [2.45, 2.75) is 18.9 Å². The van der Waals surface area contributed by atoms with E-state index in [1.807, 2.05) is 29.6 Å². The van der Waals surface area contributed by atoms with Crippen LogP contribution in [-0.2, 0) is 20.7 Å². The Kier molecular flexibility index (Phi) is 5.88. The second kappa shape index (κ2) is 8.33. The van der Waals surface area contributed by atoms with E-state index in [2.05, 4.69) is 4.74 Å². The number of nitrogens with two attached hydrogens (primary N) is 1. The van der Waals surface area contributed by atoms with Crippen LogP contribution in [0.25, 0.3) is 0 Å². The number of amides is 2. The second-order valence-corrected chi connectivity index (χ2v) is 6.75. The Labute approximate surface area is 162 Å². The number of rotatable bonds is 6. The van der Waals surface area contributed by atoms with Gasteiger partial charge in [-0.1, -0.05) is 23.7 Å². The Hall–Kier alpha value is -2.70. The fraction of sp³-hybridized carbons (Fsp3) is 0.250. The topological polar surface area (TPSA) is 80.3 Å². The van der Waals surface area contributed by atoms with Gasteiger partial charge in [-0.15, -0.1) is 0 Å². The van der Waals surface area contributed by atoms with Crippen molar-refractivity contribution < 1.29 is 24.4 Å². The molecule has 0 aromatic heterocycles. The van der Waals surface area contributed by atoms with E-state index < -0.39 is 12.0 Å². The standard InChI is InChI=1S/C20H19ClN2O4/c1-27-20(26)14-4-8-16(9-5-14)23-18(24)12-17(19(23)25)22-11-10-13-2-6-15(21)7-3-13/h2-9,17,22H,10-12H2,1H3/p+1/t17-/m1/s1. The van der Waals surface area contributed by atoms with E-state index >= 15 is 0 Å². The molecule has 1 fully saturated rings. The summed E-state index contributed by atoms with van der Waals surface area (Å²) < 4.78 is 4.65. The number of halogens is 1. The van der Waals surface area contributed by atoms with Crippen molar-refractivity contribution in [3.05, 3.63) is 64.7 Å². The molecule has 0 spiro atoms. The number of anilines is 1. The number of methoxy groups -OCH3 is 1. The number of esters is 1. The van der Waals surface area contributed by atoms with Gasteiger partial charge in [-0.2, -0.15) is 0 Å². The smallest absolute Gasteiger partial charge is 0.337 e. The number of ether oxygens (including phenoxy) is 1. The Morgan fingerprint density at radius 2 is 1.81 bits per heavy atom. The van der Waals surface area contributed by atoms with Gasteiger partial charge < -0.3 is 10.1 Å². The normalized spacial score (nSPS) is 16.7. The molecule has 140 valence electrons. The molecule has 1 aliphatic rings. The summed E-state index contributed by atoms with van der Waals surface area (Å²) in [6.45, 7) is 0.695. The fourth-order valence-electron chi connectivity index (χ4n) is 3.08. The van der Waals surface area contributed by atoms with Crippen molar-refractivity contribution >= 4 is 35.1 Å². The van der Waals surface area contributed by atoms with Crippen LogP contribution in [0.2, 0.25) is 5.02 Å². The van der Waals surface area contributed by atoms with E-state index in [-0.39, 0.29) is 18.2 Å². The predicted octanol–water partition coefficient (Wildman–Crippen LogP) is 1.56. The summed E-state index contributed by atoms with van der Waals surface area (Å²) in [5.41, 5.74) is 1.96. The molecule has 0 radical (unpaired) electrons. The van der Waals surface area contributed by atoms with Crippen molar-refractivity contribution in [3.8, 4) is 0 Å². The van der Waals surface area contributed by atoms with E-state index in [4.69, 9.17) is 11.6 Å². The van der Waals surface area contributed by atoms with Crippen LogP contribution in [0.5, 0.6) is 0 Å². The zero-order valence-corrected chi connectivity index (χ0v) is 15.6. The lowest BCUT2D eigenvalue weighted by atomic mass is 10.1. The summed E-state index contributed by atoms with van der Waals surface area (Å²) in [4.78, 5) is 37.6. The highest BCUT2D eigenvalue weighted by molar-refractivity contribution is 6.30. The maximum atomic E-state index is 12.6. The SMILES string of the molecule is COC(=O)c1ccc(N2C(=O)C[C@@H]([NH2+]CCc3ccc(Cl)cc3)C2=O)cc1. The van der Waals surface area contributed by atoms with E-state index in [0.717, 1.165) is 12.0 Å². The summed E-state index contributed by atoms with van der Waals surface area (Å²) >= 11 is 5.87. The van der Waals surface area contributed by atoms with Crippen molar-refractivity contribution in [1.82, 2.24) is 0 Å². The molecule has 0 unspecified atom stereocenters. The lowest BCUT2D eigenvalue weighted by Gasteiger charge is -2.14. The van der Waals surface area contributed by atoms with E-state index in [0.29, 0.717) is 22.8 Å². The largest absolute Gasteiger partial charge is 0.465 e. The maximum Gasteiger partial charge on any atom is 0.337 e. The van der Waals surface area contributed by atoms with E-state index in [1.165, 1.54) is 12.0 Å². The quantitative estimate of drug-likeness (QED) is 0.602. The summed E-state index contributed by atoms with van der Waals surface area (Å²) in [6, 6.07) is 13.4. The van der Waals surface area contributed by atoms with Crippen LogP contribution in [0.15, 0.2) is 48.5 Å². The third-order valence-electron chi connectivity index (χ3n) is 4.53. The Morgan fingerprint density at radius 1 is 1.15 bits per heavy atom. The number of hydrogen-bond acceptors (Lipinski definition) is 4. The average molecular weight is 388 g/mol. The Balaban J connectivity index is 1.61. The predicted molar refractivity (Wildman–Crippen MR) is 101 cm³/mol. The van der Waals surface area contributed by atoms with Crippen molar-refractivity contribution in [2.75, 3.05) is 18.6 Å². The lowest BCUT2D eigenvalue weighted by molar-refractivity contribution is -0.674. The molecule has 0 saturated carbocycles. The van der Waals surface area contributed by atoms with Crippen molar-refractivity contribution in [1.29, 1.82) is 0 Å². The van der Waals surface area contributed by atoms with Gasteiger partial charge in [0.15, 0.2) is 6.04 Å². The van der Waals surface area contributed by atoms with Crippen LogP contribution in [-0.4, -0.2) is 37.5 Å². The number of nitrogens with zero attached hydrogens (tertiary/aromatic N) is 1. The minimum absolute atomic E-state index is 0.165. The molecule has 1 heterocycles. The summed E-state index contributed by atoms with van der Waals surface area (Å²) in [6.07, 6.45) is 0.946. The van der Waals surface area contributed by atoms with E-state index in [9.17, 15) is 14.4 Å². The molecular weight excluding hydrogens is 368 g/mol. The van der Waals surface area contributed by atoms with Gasteiger partial charge in [-0.05, 0) is 42.0 Å². The first-order chi connectivity index (χ1) is 13.0. The molecule has 2 N–H and O–H groups in total. The zero-order valence-electron chi connectivity index (χ0n) is 14.9. The number of benzene rings is 2. The average Bonchev–Trinajstić information content (AvgIpc) is 2.96. The number of imide groups is 1. The number of hydrogen-bond donors (Lipinski definition) is 1. The molecule has 2 aromatic carbocycles. The number of carbonyl (C=O) groups is 3. The van der Waals surface area contributed by atoms with Crippen molar-refractivity contribution in [3.63, 3.8) is 0 Å². The lowest BCUT2D eigenvalue weighted by Crippen LogP contribution is -2.92. The summed E-state index contributed by atoms with van der Waals surface area (Å²) in [5.74, 6) is -0.936. The molecule has 1 aliphatic heterocycles. The van der Waals surface area contributed by atoms with Crippen LogP contribution in [0.1, 0.15) is 22.3 Å². The highest BCUT2D eigenvalue weighted by Crippen LogP contribution is 2.22. The second-order valence-electron chi connectivity index (χ2n) is 6.32. The summed E-state index contributed by atoms with van der Waals surface area (Å²) in [7, 11) is 1.30. The Bertz CT molecular complexity index is 849. The Morgan fingerprint density at radius 3 is 2.44 bits per heavy atom. The number of quaternary nitrogens is 1. The zero-order chi connectivity index (χ0) is 19.4. The van der Waals surface area contributed by atoms with Gasteiger partial charge in [0.2, 0.25) is 5.91 Å². The first kappa shape index (κ1) is 19.1. The third kappa shape index (κ3) is 4.35. The number of carbonyl (C=O) groups excluding carboxylic acids is 3. The highest BCUT2D eigenvalue weighted by atomic mass is 35.5. The minimum Gasteiger partial charge on any atom is -0.465 e. The third-order valence-corrected chi connectivity index (χ3v) is 4.78. The van der Waals surface area contributed by atoms with Gasteiger partial charge in [-0.25, -0.2) is 9.69 Å². The van der Waals surface area contributed by atoms with Gasteiger partial charge in [0.25, 0.3) is 5.91 Å². The molecule has 2 aromatic rings.